The summed E-state index contributed by atoms with van der Waals surface area (Å²) in [6.45, 7) is 6.79. The second kappa shape index (κ2) is 7.72. The van der Waals surface area contributed by atoms with Crippen molar-refractivity contribution in [3.63, 3.8) is 0 Å². The van der Waals surface area contributed by atoms with Crippen LogP contribution in [0.1, 0.15) is 40.5 Å². The standard InChI is InChI=1S/C13H23NO6/c1-6-7-8(10(15)16)9(11(17)19-5)14-12(18)20-13(2,3)4/h8-9H,6-7H2,1-5H3,(H,14,18)(H,15,16). The van der Waals surface area contributed by atoms with Crippen molar-refractivity contribution < 1.29 is 29.0 Å². The number of methoxy groups -OCH3 is 1. The average molecular weight is 289 g/mol. The second-order valence-electron chi connectivity index (χ2n) is 5.38. The van der Waals surface area contributed by atoms with Crippen LogP contribution in [0.5, 0.6) is 0 Å². The van der Waals surface area contributed by atoms with Crippen molar-refractivity contribution >= 4 is 18.0 Å². The van der Waals surface area contributed by atoms with Crippen LogP contribution in [0.3, 0.4) is 0 Å². The van der Waals surface area contributed by atoms with E-state index >= 15 is 0 Å². The van der Waals surface area contributed by atoms with Crippen LogP contribution in [0.2, 0.25) is 0 Å². The van der Waals surface area contributed by atoms with E-state index in [4.69, 9.17) is 9.84 Å². The Morgan fingerprint density at radius 2 is 1.80 bits per heavy atom. The van der Waals surface area contributed by atoms with Crippen molar-refractivity contribution in [2.24, 2.45) is 5.92 Å². The van der Waals surface area contributed by atoms with Gasteiger partial charge >= 0.3 is 18.0 Å². The number of nitrogens with one attached hydrogen (secondary N) is 1. The zero-order valence-electron chi connectivity index (χ0n) is 12.6. The Labute approximate surface area is 118 Å². The molecule has 2 atom stereocenters. The molecule has 0 heterocycles. The van der Waals surface area contributed by atoms with Crippen LogP contribution in [0.15, 0.2) is 0 Å². The van der Waals surface area contributed by atoms with Gasteiger partial charge in [0.2, 0.25) is 0 Å². The first kappa shape index (κ1) is 18.2. The van der Waals surface area contributed by atoms with Gasteiger partial charge in [0.25, 0.3) is 0 Å². The van der Waals surface area contributed by atoms with Gasteiger partial charge in [0.1, 0.15) is 11.6 Å². The summed E-state index contributed by atoms with van der Waals surface area (Å²) in [4.78, 5) is 34.6. The van der Waals surface area contributed by atoms with Crippen LogP contribution in [-0.2, 0) is 19.1 Å². The third kappa shape index (κ3) is 6.40. The molecule has 7 nitrogen and oxygen atoms in total. The maximum absolute atomic E-state index is 11.7. The monoisotopic (exact) mass is 289 g/mol. The van der Waals surface area contributed by atoms with Crippen molar-refractivity contribution in [1.82, 2.24) is 5.32 Å². The van der Waals surface area contributed by atoms with Gasteiger partial charge in [0.05, 0.1) is 13.0 Å². The van der Waals surface area contributed by atoms with Crippen molar-refractivity contribution in [3.05, 3.63) is 0 Å². The van der Waals surface area contributed by atoms with Crippen molar-refractivity contribution in [3.8, 4) is 0 Å². The van der Waals surface area contributed by atoms with Gasteiger partial charge in [0, 0.05) is 0 Å². The van der Waals surface area contributed by atoms with Gasteiger partial charge in [-0.2, -0.15) is 0 Å². The fraction of sp³-hybridized carbons (Fsp3) is 0.769. The molecule has 0 rings (SSSR count). The molecule has 0 bridgehead atoms. The van der Waals surface area contributed by atoms with Crippen LogP contribution in [0.25, 0.3) is 0 Å². The molecule has 0 aromatic carbocycles. The summed E-state index contributed by atoms with van der Waals surface area (Å²) < 4.78 is 9.57. The predicted octanol–water partition coefficient (Wildman–Crippen LogP) is 1.55. The molecule has 0 aliphatic heterocycles. The average Bonchev–Trinajstić information content (AvgIpc) is 2.30. The smallest absolute Gasteiger partial charge is 0.408 e. The van der Waals surface area contributed by atoms with Crippen LogP contribution < -0.4 is 5.32 Å². The fourth-order valence-electron chi connectivity index (χ4n) is 1.63. The van der Waals surface area contributed by atoms with Crippen LogP contribution >= 0.6 is 0 Å². The first-order chi connectivity index (χ1) is 9.12. The number of carbonyl (C=O) groups excluding carboxylic acids is 2. The number of hydrogen-bond acceptors (Lipinski definition) is 5. The predicted molar refractivity (Wildman–Crippen MR) is 71.2 cm³/mol. The number of carboxylic acids is 1. The first-order valence-electron chi connectivity index (χ1n) is 6.42. The van der Waals surface area contributed by atoms with E-state index in [0.717, 1.165) is 7.11 Å². The van der Waals surface area contributed by atoms with Gasteiger partial charge in [-0.3, -0.25) is 4.79 Å². The van der Waals surface area contributed by atoms with E-state index in [-0.39, 0.29) is 6.42 Å². The van der Waals surface area contributed by atoms with Gasteiger partial charge in [-0.25, -0.2) is 9.59 Å². The highest BCUT2D eigenvalue weighted by Crippen LogP contribution is 2.15. The highest BCUT2D eigenvalue weighted by molar-refractivity contribution is 5.87. The molecule has 1 amide bonds. The summed E-state index contributed by atoms with van der Waals surface area (Å²) in [5.74, 6) is -3.03. The minimum Gasteiger partial charge on any atom is -0.481 e. The van der Waals surface area contributed by atoms with E-state index < -0.39 is 35.6 Å². The lowest BCUT2D eigenvalue weighted by molar-refractivity contribution is -0.153. The van der Waals surface area contributed by atoms with E-state index in [1.807, 2.05) is 0 Å². The molecule has 0 saturated carbocycles. The molecule has 0 fully saturated rings. The number of hydrogen-bond donors (Lipinski definition) is 2. The van der Waals surface area contributed by atoms with E-state index in [2.05, 4.69) is 10.1 Å². The SMILES string of the molecule is CCCC(C(=O)O)C(NC(=O)OC(C)(C)C)C(=O)OC. The number of amides is 1. The lowest BCUT2D eigenvalue weighted by Gasteiger charge is -2.25. The van der Waals surface area contributed by atoms with Gasteiger partial charge in [0.15, 0.2) is 0 Å². The zero-order chi connectivity index (χ0) is 15.9. The molecule has 7 heteroatoms. The summed E-state index contributed by atoms with van der Waals surface area (Å²) in [5.41, 5.74) is -0.742. The third-order valence-electron chi connectivity index (χ3n) is 2.45. The minimum atomic E-state index is -1.27. The number of carboxylic acid groups (broad SMARTS) is 1. The quantitative estimate of drug-likeness (QED) is 0.719. The van der Waals surface area contributed by atoms with Crippen LogP contribution in [0, 0.1) is 5.92 Å². The van der Waals surface area contributed by atoms with E-state index in [0.29, 0.717) is 6.42 Å². The van der Waals surface area contributed by atoms with Gasteiger partial charge < -0.3 is 19.9 Å². The molecule has 0 spiro atoms. The Kier molecular flexibility index (Phi) is 7.02. The molecule has 2 N–H and O–H groups in total. The van der Waals surface area contributed by atoms with E-state index in [1.165, 1.54) is 0 Å². The Morgan fingerprint density at radius 1 is 1.25 bits per heavy atom. The Hall–Kier alpha value is -1.79. The van der Waals surface area contributed by atoms with Crippen molar-refractivity contribution in [2.45, 2.75) is 52.2 Å². The minimum absolute atomic E-state index is 0.241. The second-order valence-corrected chi connectivity index (χ2v) is 5.38. The topological polar surface area (TPSA) is 102 Å². The number of carbonyl (C=O) groups is 3. The molecule has 2 unspecified atom stereocenters. The van der Waals surface area contributed by atoms with Gasteiger partial charge in [-0.15, -0.1) is 0 Å². The number of ether oxygens (including phenoxy) is 2. The van der Waals surface area contributed by atoms with E-state index in [1.54, 1.807) is 27.7 Å². The summed E-state index contributed by atoms with van der Waals surface area (Å²) in [6.07, 6.45) is -0.0546. The van der Waals surface area contributed by atoms with Crippen molar-refractivity contribution in [2.75, 3.05) is 7.11 Å². The largest absolute Gasteiger partial charge is 0.481 e. The molecule has 0 radical (unpaired) electrons. The van der Waals surface area contributed by atoms with E-state index in [9.17, 15) is 14.4 Å². The maximum atomic E-state index is 11.7. The lowest BCUT2D eigenvalue weighted by atomic mass is 9.95. The van der Waals surface area contributed by atoms with Gasteiger partial charge in [-0.05, 0) is 27.2 Å². The van der Waals surface area contributed by atoms with Crippen molar-refractivity contribution in [1.29, 1.82) is 0 Å². The Balaban J connectivity index is 5.01. The number of aliphatic carboxylic acids is 1. The summed E-state index contributed by atoms with van der Waals surface area (Å²) in [5, 5.41) is 11.4. The molecule has 116 valence electrons. The first-order valence-corrected chi connectivity index (χ1v) is 6.42. The summed E-state index contributed by atoms with van der Waals surface area (Å²) in [6, 6.07) is -1.27. The number of esters is 1. The number of alkyl carbamates (subject to hydrolysis) is 1. The molecular weight excluding hydrogens is 266 g/mol. The molecular formula is C13H23NO6. The molecule has 0 aliphatic rings. The molecule has 0 aromatic rings. The summed E-state index contributed by atoms with van der Waals surface area (Å²) in [7, 11) is 1.14. The Morgan fingerprint density at radius 3 is 2.15 bits per heavy atom. The normalized spacial score (nSPS) is 14.1. The molecule has 0 aliphatic carbocycles. The zero-order valence-corrected chi connectivity index (χ0v) is 12.6. The summed E-state index contributed by atoms with van der Waals surface area (Å²) >= 11 is 0. The lowest BCUT2D eigenvalue weighted by Crippen LogP contribution is -2.50. The third-order valence-corrected chi connectivity index (χ3v) is 2.45. The highest BCUT2D eigenvalue weighted by atomic mass is 16.6. The fourth-order valence-corrected chi connectivity index (χ4v) is 1.63. The van der Waals surface area contributed by atoms with Gasteiger partial charge in [-0.1, -0.05) is 13.3 Å². The molecule has 0 saturated heterocycles. The number of rotatable bonds is 6. The molecule has 20 heavy (non-hydrogen) atoms. The van der Waals surface area contributed by atoms with Crippen LogP contribution in [0.4, 0.5) is 4.79 Å². The highest BCUT2D eigenvalue weighted by Gasteiger charge is 2.36. The van der Waals surface area contributed by atoms with Crippen LogP contribution in [-0.4, -0.2) is 41.9 Å². The molecule has 0 aromatic heterocycles. The Bertz CT molecular complexity index is 360. The maximum Gasteiger partial charge on any atom is 0.408 e.